The fraction of sp³-hybridized carbons (Fsp3) is 0.500. The zero-order valence-corrected chi connectivity index (χ0v) is 15.1. The van der Waals surface area contributed by atoms with Gasteiger partial charge >= 0.3 is 0 Å². The number of amides is 1. The molecule has 1 amide bonds. The van der Waals surface area contributed by atoms with Crippen molar-refractivity contribution < 1.29 is 9.90 Å². The Balaban J connectivity index is 1.41. The van der Waals surface area contributed by atoms with Gasteiger partial charge in [0.2, 0.25) is 5.95 Å². The van der Waals surface area contributed by atoms with Crippen LogP contribution < -0.4 is 4.90 Å². The molecule has 0 radical (unpaired) electrons. The predicted molar refractivity (Wildman–Crippen MR) is 97.1 cm³/mol. The molecule has 1 saturated heterocycles. The third-order valence-corrected chi connectivity index (χ3v) is 6.23. The van der Waals surface area contributed by atoms with Crippen molar-refractivity contribution in [2.45, 2.75) is 31.3 Å². The van der Waals surface area contributed by atoms with Crippen LogP contribution in [0.4, 0.5) is 5.95 Å². The second kappa shape index (κ2) is 6.38. The number of carbonyl (C=O) groups excluding carboxylic acids is 1. The Labute approximate surface area is 151 Å². The molecule has 1 fully saturated rings. The summed E-state index contributed by atoms with van der Waals surface area (Å²) in [6.07, 6.45) is 7.37. The number of likely N-dealkylation sites (N-methyl/N-ethyl adjacent to an activating group) is 1. The number of thiophene rings is 1. The van der Waals surface area contributed by atoms with Gasteiger partial charge in [-0.3, -0.25) is 4.79 Å². The van der Waals surface area contributed by atoms with E-state index in [1.165, 1.54) is 16.9 Å². The highest BCUT2D eigenvalue weighted by Gasteiger charge is 2.39. The van der Waals surface area contributed by atoms with Gasteiger partial charge in [0.1, 0.15) is 5.60 Å². The van der Waals surface area contributed by atoms with Crippen molar-refractivity contribution in [3.05, 3.63) is 39.8 Å². The number of nitrogens with zero attached hydrogens (tertiary/aromatic N) is 4. The van der Waals surface area contributed by atoms with E-state index in [0.29, 0.717) is 32.0 Å². The Morgan fingerprint density at radius 3 is 2.96 bits per heavy atom. The molecule has 2 aromatic rings. The molecule has 0 spiro atoms. The number of fused-ring (bicyclic) bond motifs is 1. The van der Waals surface area contributed by atoms with Gasteiger partial charge in [-0.1, -0.05) is 0 Å². The van der Waals surface area contributed by atoms with E-state index in [2.05, 4.69) is 9.97 Å². The number of β-amino-alcohol motifs (C(OH)–C–C–N with tert-alkyl or cyclic N) is 1. The minimum Gasteiger partial charge on any atom is -0.386 e. The first-order valence-corrected chi connectivity index (χ1v) is 9.47. The summed E-state index contributed by atoms with van der Waals surface area (Å²) in [6.45, 7) is 1.45. The number of rotatable bonds is 4. The molecule has 6 nitrogen and oxygen atoms in total. The molecule has 4 rings (SSSR count). The van der Waals surface area contributed by atoms with Crippen molar-refractivity contribution in [2.24, 2.45) is 0 Å². The third kappa shape index (κ3) is 3.26. The molecule has 0 aromatic carbocycles. The van der Waals surface area contributed by atoms with Crippen LogP contribution in [0.15, 0.2) is 24.5 Å². The van der Waals surface area contributed by atoms with Gasteiger partial charge in [0.05, 0.1) is 18.0 Å². The van der Waals surface area contributed by atoms with Crippen LogP contribution in [0.25, 0.3) is 0 Å². The van der Waals surface area contributed by atoms with Gasteiger partial charge in [0, 0.05) is 30.9 Å². The van der Waals surface area contributed by atoms with Gasteiger partial charge in [-0.2, -0.15) is 0 Å². The molecule has 0 bridgehead atoms. The molecular weight excluding hydrogens is 336 g/mol. The van der Waals surface area contributed by atoms with E-state index < -0.39 is 5.60 Å². The summed E-state index contributed by atoms with van der Waals surface area (Å²) in [5.74, 6) is 0.629. The molecule has 25 heavy (non-hydrogen) atoms. The van der Waals surface area contributed by atoms with Gasteiger partial charge in [-0.25, -0.2) is 9.97 Å². The molecule has 1 atom stereocenters. The van der Waals surface area contributed by atoms with Gasteiger partial charge in [-0.05, 0) is 43.4 Å². The number of hydrogen-bond acceptors (Lipinski definition) is 6. The van der Waals surface area contributed by atoms with Crippen molar-refractivity contribution in [1.82, 2.24) is 14.9 Å². The van der Waals surface area contributed by atoms with Crippen LogP contribution >= 0.6 is 11.3 Å². The Bertz CT molecular complexity index is 757. The number of aryl methyl sites for hydroxylation is 2. The molecule has 1 N–H and O–H groups in total. The van der Waals surface area contributed by atoms with E-state index >= 15 is 0 Å². The van der Waals surface area contributed by atoms with Crippen LogP contribution in [0.2, 0.25) is 0 Å². The molecule has 3 heterocycles. The quantitative estimate of drug-likeness (QED) is 0.902. The van der Waals surface area contributed by atoms with E-state index in [-0.39, 0.29) is 5.91 Å². The average molecular weight is 358 g/mol. The number of aromatic nitrogens is 2. The Kier molecular flexibility index (Phi) is 4.21. The lowest BCUT2D eigenvalue weighted by Crippen LogP contribution is -2.45. The maximum atomic E-state index is 12.7. The molecule has 132 valence electrons. The maximum absolute atomic E-state index is 12.7. The Hall–Kier alpha value is -1.99. The van der Waals surface area contributed by atoms with E-state index in [4.69, 9.17) is 0 Å². The number of anilines is 1. The summed E-state index contributed by atoms with van der Waals surface area (Å²) in [5, 5.41) is 10.9. The van der Waals surface area contributed by atoms with Gasteiger partial charge in [0.25, 0.3) is 5.91 Å². The molecule has 2 aromatic heterocycles. The van der Waals surface area contributed by atoms with Crippen molar-refractivity contribution in [3.63, 3.8) is 0 Å². The molecule has 1 aliphatic carbocycles. The lowest BCUT2D eigenvalue weighted by Gasteiger charge is -2.28. The first kappa shape index (κ1) is 16.5. The summed E-state index contributed by atoms with van der Waals surface area (Å²) in [4.78, 5) is 27.0. The van der Waals surface area contributed by atoms with Gasteiger partial charge in [-0.15, -0.1) is 11.3 Å². The van der Waals surface area contributed by atoms with Crippen molar-refractivity contribution >= 4 is 23.2 Å². The second-order valence-electron chi connectivity index (χ2n) is 7.02. The van der Waals surface area contributed by atoms with Crippen molar-refractivity contribution in [1.29, 1.82) is 0 Å². The third-order valence-electron chi connectivity index (χ3n) is 5.00. The lowest BCUT2D eigenvalue weighted by atomic mass is 10.0. The summed E-state index contributed by atoms with van der Waals surface area (Å²) in [6, 6.07) is 3.81. The maximum Gasteiger partial charge on any atom is 0.263 e. The summed E-state index contributed by atoms with van der Waals surface area (Å²) >= 11 is 1.61. The minimum absolute atomic E-state index is 0.00207. The average Bonchev–Trinajstić information content (AvgIpc) is 3.29. The van der Waals surface area contributed by atoms with Crippen LogP contribution in [0, 0.1) is 0 Å². The van der Waals surface area contributed by atoms with Crippen LogP contribution in [-0.2, 0) is 12.8 Å². The summed E-state index contributed by atoms with van der Waals surface area (Å²) < 4.78 is 0. The zero-order valence-electron chi connectivity index (χ0n) is 14.3. The van der Waals surface area contributed by atoms with Crippen molar-refractivity contribution in [3.8, 4) is 0 Å². The lowest BCUT2D eigenvalue weighted by molar-refractivity contribution is 0.0266. The fourth-order valence-corrected chi connectivity index (χ4v) is 4.99. The summed E-state index contributed by atoms with van der Waals surface area (Å²) in [7, 11) is 1.77. The largest absolute Gasteiger partial charge is 0.386 e. The predicted octanol–water partition coefficient (Wildman–Crippen LogP) is 1.74. The molecular formula is C18H22N4O2S. The Morgan fingerprint density at radius 1 is 1.40 bits per heavy atom. The van der Waals surface area contributed by atoms with Gasteiger partial charge < -0.3 is 14.9 Å². The van der Waals surface area contributed by atoms with Crippen LogP contribution in [0.5, 0.6) is 0 Å². The van der Waals surface area contributed by atoms with Crippen LogP contribution in [0.1, 0.15) is 33.0 Å². The Morgan fingerprint density at radius 2 is 2.20 bits per heavy atom. The highest BCUT2D eigenvalue weighted by molar-refractivity contribution is 7.14. The molecule has 0 unspecified atom stereocenters. The topological polar surface area (TPSA) is 69.6 Å². The molecule has 1 aliphatic heterocycles. The smallest absolute Gasteiger partial charge is 0.263 e. The van der Waals surface area contributed by atoms with E-state index in [1.54, 1.807) is 41.7 Å². The standard InChI is InChI=1S/C18H22N4O2S/c1-21(16(23)15-10-13-4-2-5-14(13)25-15)11-18(24)6-9-22(12-18)17-19-7-3-8-20-17/h3,7-8,10,24H,2,4-6,9,11-12H2,1H3/t18-/m1/s1. The fourth-order valence-electron chi connectivity index (χ4n) is 3.75. The number of aliphatic hydroxyl groups is 1. The normalized spacial score (nSPS) is 22.2. The molecule has 7 heteroatoms. The second-order valence-corrected chi connectivity index (χ2v) is 8.16. The van der Waals surface area contributed by atoms with Crippen LogP contribution in [-0.4, -0.2) is 58.2 Å². The SMILES string of the molecule is CN(C[C@]1(O)CCN(c2ncccn2)C1)C(=O)c1cc2c(s1)CCC2. The first-order chi connectivity index (χ1) is 12.0. The van der Waals surface area contributed by atoms with Crippen LogP contribution in [0.3, 0.4) is 0 Å². The van der Waals surface area contributed by atoms with Crippen molar-refractivity contribution in [2.75, 3.05) is 31.6 Å². The monoisotopic (exact) mass is 358 g/mol. The van der Waals surface area contributed by atoms with Gasteiger partial charge in [0.15, 0.2) is 0 Å². The molecule has 2 aliphatic rings. The van der Waals surface area contributed by atoms with E-state index in [1.807, 2.05) is 11.0 Å². The highest BCUT2D eigenvalue weighted by Crippen LogP contribution is 2.32. The zero-order chi connectivity index (χ0) is 17.4. The first-order valence-electron chi connectivity index (χ1n) is 8.65. The summed E-state index contributed by atoms with van der Waals surface area (Å²) in [5.41, 5.74) is 0.401. The molecule has 0 saturated carbocycles. The highest BCUT2D eigenvalue weighted by atomic mass is 32.1. The number of hydrogen-bond donors (Lipinski definition) is 1. The number of carbonyl (C=O) groups is 1. The van der Waals surface area contributed by atoms with E-state index in [0.717, 1.165) is 17.7 Å². The minimum atomic E-state index is -0.927. The van der Waals surface area contributed by atoms with E-state index in [9.17, 15) is 9.90 Å².